The van der Waals surface area contributed by atoms with E-state index >= 15 is 0 Å². The molecule has 0 aromatic heterocycles. The Morgan fingerprint density at radius 3 is 1.87 bits per heavy atom. The Hall–Kier alpha value is -4.46. The molecule has 4 aromatic carbocycles. The summed E-state index contributed by atoms with van der Waals surface area (Å²) in [6, 6.07) is 30.6. The molecule has 4 aromatic rings. The van der Waals surface area contributed by atoms with Crippen molar-refractivity contribution in [3.63, 3.8) is 0 Å². The molecule has 39 heavy (non-hydrogen) atoms. The van der Waals surface area contributed by atoms with Gasteiger partial charge in [0.1, 0.15) is 12.2 Å². The van der Waals surface area contributed by atoms with Crippen molar-refractivity contribution in [2.75, 3.05) is 16.9 Å². The molecule has 0 N–H and O–H groups in total. The lowest BCUT2D eigenvalue weighted by atomic mass is 10.0. The van der Waals surface area contributed by atoms with Crippen LogP contribution in [-0.4, -0.2) is 24.0 Å². The van der Waals surface area contributed by atoms with Gasteiger partial charge >= 0.3 is 0 Å². The van der Waals surface area contributed by atoms with Crippen molar-refractivity contribution in [2.24, 2.45) is 0 Å². The largest absolute Gasteiger partial charge is 0.493 e. The van der Waals surface area contributed by atoms with Crippen LogP contribution in [0.15, 0.2) is 109 Å². The molecule has 0 bridgehead atoms. The van der Waals surface area contributed by atoms with Crippen molar-refractivity contribution in [3.8, 4) is 11.5 Å². The maximum Gasteiger partial charge on any atom is 0.270 e. The van der Waals surface area contributed by atoms with Gasteiger partial charge in [-0.25, -0.2) is 0 Å². The topological polar surface area (TPSA) is 59.1 Å². The summed E-state index contributed by atoms with van der Waals surface area (Å²) in [6.45, 7) is 0.320. The molecule has 5 rings (SSSR count). The zero-order valence-electron chi connectivity index (χ0n) is 20.9. The molecule has 6 nitrogen and oxygen atoms in total. The minimum atomic E-state index is -0.509. The predicted octanol–water partition coefficient (Wildman–Crippen LogP) is 6.68. The second-order valence-electron chi connectivity index (χ2n) is 8.62. The van der Waals surface area contributed by atoms with Crippen LogP contribution in [0.25, 0.3) is 6.08 Å². The van der Waals surface area contributed by atoms with Crippen molar-refractivity contribution in [1.82, 2.24) is 0 Å². The Kier molecular flexibility index (Phi) is 7.72. The number of carbonyl (C=O) groups is 2. The van der Waals surface area contributed by atoms with E-state index in [0.29, 0.717) is 40.1 Å². The molecule has 0 saturated carbocycles. The van der Waals surface area contributed by atoms with E-state index in [0.717, 1.165) is 5.56 Å². The van der Waals surface area contributed by atoms with Gasteiger partial charge in [-0.05, 0) is 78.0 Å². The molecule has 0 spiro atoms. The van der Waals surface area contributed by atoms with Gasteiger partial charge in [0.2, 0.25) is 0 Å². The third-order valence-corrected chi connectivity index (χ3v) is 6.70. The third-order valence-electron chi connectivity index (χ3n) is 6.08. The van der Waals surface area contributed by atoms with Crippen molar-refractivity contribution in [3.05, 3.63) is 125 Å². The zero-order valence-corrected chi connectivity index (χ0v) is 22.5. The summed E-state index contributed by atoms with van der Waals surface area (Å²) >= 11 is 11.6. The van der Waals surface area contributed by atoms with Crippen molar-refractivity contribution >= 4 is 58.2 Å². The first kappa shape index (κ1) is 26.2. The van der Waals surface area contributed by atoms with Crippen molar-refractivity contribution < 1.29 is 19.1 Å². The van der Waals surface area contributed by atoms with Crippen LogP contribution in [0.2, 0.25) is 5.02 Å². The number of carbonyl (C=O) groups excluding carboxylic acids is 2. The van der Waals surface area contributed by atoms with Crippen LogP contribution in [-0.2, 0) is 16.2 Å². The Bertz CT molecular complexity index is 1490. The summed E-state index contributed by atoms with van der Waals surface area (Å²) in [7, 11) is 1.53. The van der Waals surface area contributed by atoms with Gasteiger partial charge in [-0.1, -0.05) is 66.2 Å². The molecule has 1 aliphatic rings. The Labute approximate surface area is 236 Å². The van der Waals surface area contributed by atoms with Crippen LogP contribution in [0, 0.1) is 0 Å². The van der Waals surface area contributed by atoms with E-state index in [-0.39, 0.29) is 10.7 Å². The van der Waals surface area contributed by atoms with Gasteiger partial charge in [0, 0.05) is 5.02 Å². The average molecular weight is 555 g/mol. The highest BCUT2D eigenvalue weighted by Crippen LogP contribution is 2.33. The number of hydrogen-bond donors (Lipinski definition) is 0. The highest BCUT2D eigenvalue weighted by Gasteiger charge is 2.41. The molecule has 8 heteroatoms. The first-order valence-electron chi connectivity index (χ1n) is 12.1. The molecular formula is C31H23ClN2O4S. The summed E-state index contributed by atoms with van der Waals surface area (Å²) in [5.41, 5.74) is 2.64. The van der Waals surface area contributed by atoms with Gasteiger partial charge in [0.25, 0.3) is 11.8 Å². The van der Waals surface area contributed by atoms with Gasteiger partial charge in [-0.15, -0.1) is 0 Å². The molecule has 0 atom stereocenters. The number of thiocarbonyl (C=S) groups is 1. The standard InChI is InChI=1S/C31H23ClN2O4S/c1-37-28-19-22(14-17-27(28)38-20-21-12-15-23(32)16-13-21)18-26-29(35)33(24-8-4-2-5-9-24)31(39)34(30(26)36)25-10-6-3-7-11-25/h2-19H,20H2,1H3. The first-order chi connectivity index (χ1) is 19.0. The van der Waals surface area contributed by atoms with E-state index in [2.05, 4.69) is 0 Å². The van der Waals surface area contributed by atoms with Crippen LogP contribution in [0.3, 0.4) is 0 Å². The summed E-state index contributed by atoms with van der Waals surface area (Å²) < 4.78 is 11.5. The normalized spacial score (nSPS) is 13.5. The molecule has 2 amide bonds. The number of para-hydroxylation sites is 2. The summed E-state index contributed by atoms with van der Waals surface area (Å²) in [6.07, 6.45) is 1.55. The van der Waals surface area contributed by atoms with E-state index in [1.165, 1.54) is 16.9 Å². The summed E-state index contributed by atoms with van der Waals surface area (Å²) in [4.78, 5) is 30.1. The number of halogens is 1. The second-order valence-corrected chi connectivity index (χ2v) is 9.42. The van der Waals surface area contributed by atoms with Crippen LogP contribution < -0.4 is 19.3 Å². The van der Waals surface area contributed by atoms with Gasteiger partial charge in [-0.2, -0.15) is 0 Å². The monoisotopic (exact) mass is 554 g/mol. The molecule has 0 aliphatic carbocycles. The molecule has 0 radical (unpaired) electrons. The number of rotatable bonds is 7. The average Bonchev–Trinajstić information content (AvgIpc) is 2.96. The van der Waals surface area contributed by atoms with Crippen LogP contribution in [0.5, 0.6) is 11.5 Å². The molecule has 1 saturated heterocycles. The number of amides is 2. The van der Waals surface area contributed by atoms with Gasteiger partial charge in [0.15, 0.2) is 16.6 Å². The van der Waals surface area contributed by atoms with E-state index in [9.17, 15) is 9.59 Å². The van der Waals surface area contributed by atoms with Crippen molar-refractivity contribution in [1.29, 1.82) is 0 Å². The van der Waals surface area contributed by atoms with Crippen molar-refractivity contribution in [2.45, 2.75) is 6.61 Å². The first-order valence-corrected chi connectivity index (χ1v) is 12.8. The van der Waals surface area contributed by atoms with Gasteiger partial charge in [0.05, 0.1) is 18.5 Å². The van der Waals surface area contributed by atoms with E-state index < -0.39 is 11.8 Å². The highest BCUT2D eigenvalue weighted by molar-refractivity contribution is 7.81. The molecule has 194 valence electrons. The maximum atomic E-state index is 13.7. The Morgan fingerprint density at radius 1 is 0.769 bits per heavy atom. The third kappa shape index (κ3) is 5.55. The van der Waals surface area contributed by atoms with E-state index in [1.54, 1.807) is 60.7 Å². The van der Waals surface area contributed by atoms with Crippen LogP contribution in [0.4, 0.5) is 11.4 Å². The number of ether oxygens (including phenoxy) is 2. The van der Waals surface area contributed by atoms with Gasteiger partial charge in [-0.3, -0.25) is 19.4 Å². The minimum absolute atomic E-state index is 0.0341. The number of nitrogens with zero attached hydrogens (tertiary/aromatic N) is 2. The Morgan fingerprint density at radius 2 is 1.33 bits per heavy atom. The summed E-state index contributed by atoms with van der Waals surface area (Å²) in [5, 5.41) is 0.737. The fourth-order valence-electron chi connectivity index (χ4n) is 4.14. The quantitative estimate of drug-likeness (QED) is 0.145. The number of anilines is 2. The van der Waals surface area contributed by atoms with E-state index in [1.807, 2.05) is 48.5 Å². The van der Waals surface area contributed by atoms with Crippen LogP contribution in [0.1, 0.15) is 11.1 Å². The summed E-state index contributed by atoms with van der Waals surface area (Å²) in [5.74, 6) is -0.0332. The molecule has 1 fully saturated rings. The molecule has 1 heterocycles. The Balaban J connectivity index is 1.50. The molecule has 1 aliphatic heterocycles. The lowest BCUT2D eigenvalue weighted by molar-refractivity contribution is -0.120. The second kappa shape index (κ2) is 11.5. The fraction of sp³-hybridized carbons (Fsp3) is 0.0645. The SMILES string of the molecule is COc1cc(C=C2C(=O)N(c3ccccc3)C(=S)N(c3ccccc3)C2=O)ccc1OCc1ccc(Cl)cc1. The number of benzene rings is 4. The van der Waals surface area contributed by atoms with E-state index in [4.69, 9.17) is 33.3 Å². The van der Waals surface area contributed by atoms with Gasteiger partial charge < -0.3 is 9.47 Å². The number of hydrogen-bond acceptors (Lipinski definition) is 5. The highest BCUT2D eigenvalue weighted by atomic mass is 35.5. The molecule has 0 unspecified atom stereocenters. The molecular weight excluding hydrogens is 532 g/mol. The predicted molar refractivity (Wildman–Crippen MR) is 157 cm³/mol. The lowest BCUT2D eigenvalue weighted by Crippen LogP contribution is -2.56. The minimum Gasteiger partial charge on any atom is -0.493 e. The van der Waals surface area contributed by atoms with Crippen LogP contribution >= 0.6 is 23.8 Å². The maximum absolute atomic E-state index is 13.7. The lowest BCUT2D eigenvalue weighted by Gasteiger charge is -2.36. The number of methoxy groups -OCH3 is 1. The zero-order chi connectivity index (χ0) is 27.4. The fourth-order valence-corrected chi connectivity index (χ4v) is 4.64. The smallest absolute Gasteiger partial charge is 0.270 e.